The number of piperazine rings is 1. The van der Waals surface area contributed by atoms with Gasteiger partial charge in [0.2, 0.25) is 0 Å². The molecule has 7 heteroatoms. The molecule has 0 aromatic heterocycles. The van der Waals surface area contributed by atoms with E-state index in [1.807, 2.05) is 48.5 Å². The van der Waals surface area contributed by atoms with E-state index in [2.05, 4.69) is 21.4 Å². The number of likely N-dealkylation sites (N-methyl/N-ethyl adjacent to an activating group) is 1. The van der Waals surface area contributed by atoms with E-state index in [0.717, 1.165) is 49.5 Å². The molecule has 0 atom stereocenters. The molecule has 32 heavy (non-hydrogen) atoms. The van der Waals surface area contributed by atoms with Crippen molar-refractivity contribution < 1.29 is 13.2 Å². The molecule has 0 saturated carbocycles. The molecule has 0 bridgehead atoms. The molecule has 1 fully saturated rings. The first-order valence-corrected chi connectivity index (χ1v) is 12.3. The Hall–Kier alpha value is -3.03. The molecule has 3 aromatic carbocycles. The van der Waals surface area contributed by atoms with Crippen LogP contribution in [0.1, 0.15) is 6.92 Å². The predicted octanol–water partition coefficient (Wildman–Crippen LogP) is 4.30. The zero-order valence-corrected chi connectivity index (χ0v) is 19.3. The maximum atomic E-state index is 13.2. The Morgan fingerprint density at radius 3 is 2.34 bits per heavy atom. The summed E-state index contributed by atoms with van der Waals surface area (Å²) in [4.78, 5) is 4.90. The summed E-state index contributed by atoms with van der Waals surface area (Å²) < 4.78 is 34.6. The van der Waals surface area contributed by atoms with Gasteiger partial charge < -0.3 is 14.5 Å². The highest BCUT2D eigenvalue weighted by molar-refractivity contribution is 7.92. The van der Waals surface area contributed by atoms with E-state index >= 15 is 0 Å². The molecule has 0 amide bonds. The molecule has 1 aliphatic rings. The summed E-state index contributed by atoms with van der Waals surface area (Å²) in [6, 6.07) is 22.2. The number of hydrogen-bond donors (Lipinski definition) is 1. The minimum atomic E-state index is -3.76. The average molecular weight is 452 g/mol. The zero-order chi connectivity index (χ0) is 22.6. The van der Waals surface area contributed by atoms with Crippen molar-refractivity contribution in [2.45, 2.75) is 11.8 Å². The lowest BCUT2D eigenvalue weighted by molar-refractivity contribution is 0.271. The lowest BCUT2D eigenvalue weighted by atomic mass is 10.1. The van der Waals surface area contributed by atoms with E-state index < -0.39 is 10.0 Å². The third kappa shape index (κ3) is 4.89. The quantitative estimate of drug-likeness (QED) is 0.580. The van der Waals surface area contributed by atoms with Gasteiger partial charge in [0.15, 0.2) is 0 Å². The summed E-state index contributed by atoms with van der Waals surface area (Å²) in [6.07, 6.45) is 0. The Morgan fingerprint density at radius 2 is 1.66 bits per heavy atom. The van der Waals surface area contributed by atoms with Crippen molar-refractivity contribution in [1.82, 2.24) is 4.90 Å². The average Bonchev–Trinajstić information content (AvgIpc) is 2.84. The minimum absolute atomic E-state index is 0.194. The molecule has 0 spiro atoms. The molecule has 0 aliphatic carbocycles. The van der Waals surface area contributed by atoms with E-state index in [-0.39, 0.29) is 4.90 Å². The second-order valence-corrected chi connectivity index (χ2v) is 9.49. The predicted molar refractivity (Wildman–Crippen MR) is 130 cm³/mol. The van der Waals surface area contributed by atoms with Gasteiger partial charge in [-0.15, -0.1) is 0 Å². The van der Waals surface area contributed by atoms with E-state index in [1.54, 1.807) is 31.4 Å². The molecule has 3 aromatic rings. The molecule has 1 N–H and O–H groups in total. The first-order valence-electron chi connectivity index (χ1n) is 10.8. The SMILES string of the molecule is CCN1CCN(c2cccc(NS(=O)(=O)c3ccc(OC)c(-c4ccccc4)c3)c2)CC1. The van der Waals surface area contributed by atoms with Crippen LogP contribution < -0.4 is 14.4 Å². The molecule has 0 unspecified atom stereocenters. The van der Waals surface area contributed by atoms with Crippen molar-refractivity contribution in [3.8, 4) is 16.9 Å². The summed E-state index contributed by atoms with van der Waals surface area (Å²) in [6.45, 7) is 7.13. The van der Waals surface area contributed by atoms with Gasteiger partial charge in [0.05, 0.1) is 17.7 Å². The fourth-order valence-electron chi connectivity index (χ4n) is 4.00. The third-order valence-corrected chi connectivity index (χ3v) is 7.23. The normalized spacial score (nSPS) is 14.9. The number of sulfonamides is 1. The fourth-order valence-corrected chi connectivity index (χ4v) is 5.08. The highest BCUT2D eigenvalue weighted by Crippen LogP contribution is 2.33. The second kappa shape index (κ2) is 9.63. The summed E-state index contributed by atoms with van der Waals surface area (Å²) >= 11 is 0. The zero-order valence-electron chi connectivity index (χ0n) is 18.5. The molecule has 1 saturated heterocycles. The number of methoxy groups -OCH3 is 1. The first-order chi connectivity index (χ1) is 15.5. The number of benzene rings is 3. The van der Waals surface area contributed by atoms with Gasteiger partial charge in [-0.2, -0.15) is 0 Å². The monoisotopic (exact) mass is 451 g/mol. The van der Waals surface area contributed by atoms with Gasteiger partial charge in [-0.1, -0.05) is 43.3 Å². The van der Waals surface area contributed by atoms with Gasteiger partial charge in [-0.3, -0.25) is 4.72 Å². The Morgan fingerprint density at radius 1 is 0.906 bits per heavy atom. The van der Waals surface area contributed by atoms with Crippen LogP contribution in [-0.4, -0.2) is 53.2 Å². The van der Waals surface area contributed by atoms with Crippen molar-refractivity contribution in [3.63, 3.8) is 0 Å². The van der Waals surface area contributed by atoms with Gasteiger partial charge in [0.25, 0.3) is 10.0 Å². The fraction of sp³-hybridized carbons (Fsp3) is 0.280. The van der Waals surface area contributed by atoms with Crippen LogP contribution >= 0.6 is 0 Å². The van der Waals surface area contributed by atoms with E-state index in [4.69, 9.17) is 4.74 Å². The van der Waals surface area contributed by atoms with Crippen LogP contribution in [0.5, 0.6) is 5.75 Å². The summed E-state index contributed by atoms with van der Waals surface area (Å²) in [5, 5.41) is 0. The highest BCUT2D eigenvalue weighted by Gasteiger charge is 2.19. The maximum Gasteiger partial charge on any atom is 0.261 e. The standard InChI is InChI=1S/C25H29N3O3S/c1-3-27-14-16-28(17-15-27)22-11-7-10-21(18-22)26-32(29,30)23-12-13-25(31-2)24(19-23)20-8-5-4-6-9-20/h4-13,18-19,26H,3,14-17H2,1-2H3. The van der Waals surface area contributed by atoms with E-state index in [1.165, 1.54) is 0 Å². The highest BCUT2D eigenvalue weighted by atomic mass is 32.2. The smallest absolute Gasteiger partial charge is 0.261 e. The minimum Gasteiger partial charge on any atom is -0.496 e. The Kier molecular flexibility index (Phi) is 6.67. The van der Waals surface area contributed by atoms with Crippen molar-refractivity contribution in [2.24, 2.45) is 0 Å². The molecule has 1 aliphatic heterocycles. The van der Waals surface area contributed by atoms with Crippen molar-refractivity contribution >= 4 is 21.4 Å². The van der Waals surface area contributed by atoms with Gasteiger partial charge >= 0.3 is 0 Å². The number of anilines is 2. The van der Waals surface area contributed by atoms with Crippen LogP contribution in [0, 0.1) is 0 Å². The lowest BCUT2D eigenvalue weighted by Crippen LogP contribution is -2.46. The molecule has 0 radical (unpaired) electrons. The largest absolute Gasteiger partial charge is 0.496 e. The van der Waals surface area contributed by atoms with Crippen LogP contribution in [0.15, 0.2) is 77.7 Å². The molecular weight excluding hydrogens is 422 g/mol. The third-order valence-electron chi connectivity index (χ3n) is 5.85. The summed E-state index contributed by atoms with van der Waals surface area (Å²) in [5.74, 6) is 0.628. The molecule has 4 rings (SSSR count). The molecule has 168 valence electrons. The van der Waals surface area contributed by atoms with Crippen LogP contribution in [0.2, 0.25) is 0 Å². The Labute approximate surface area is 190 Å². The van der Waals surface area contributed by atoms with Crippen molar-refractivity contribution in [2.75, 3.05) is 49.5 Å². The second-order valence-electron chi connectivity index (χ2n) is 7.81. The van der Waals surface area contributed by atoms with E-state index in [0.29, 0.717) is 11.4 Å². The Balaban J connectivity index is 1.58. The van der Waals surface area contributed by atoms with Crippen LogP contribution in [0.4, 0.5) is 11.4 Å². The molecule has 6 nitrogen and oxygen atoms in total. The number of nitrogens with one attached hydrogen (secondary N) is 1. The molecular formula is C25H29N3O3S. The van der Waals surface area contributed by atoms with Gasteiger partial charge in [0, 0.05) is 37.4 Å². The number of hydrogen-bond acceptors (Lipinski definition) is 5. The van der Waals surface area contributed by atoms with Crippen LogP contribution in [0.25, 0.3) is 11.1 Å². The van der Waals surface area contributed by atoms with Crippen LogP contribution in [0.3, 0.4) is 0 Å². The topological polar surface area (TPSA) is 61.9 Å². The van der Waals surface area contributed by atoms with Crippen molar-refractivity contribution in [3.05, 3.63) is 72.8 Å². The Bertz CT molecular complexity index is 1160. The number of nitrogens with zero attached hydrogens (tertiary/aromatic N) is 2. The van der Waals surface area contributed by atoms with Gasteiger partial charge in [-0.05, 0) is 48.5 Å². The summed E-state index contributed by atoms with van der Waals surface area (Å²) in [7, 11) is -2.18. The lowest BCUT2D eigenvalue weighted by Gasteiger charge is -2.35. The molecule has 1 heterocycles. The number of rotatable bonds is 7. The van der Waals surface area contributed by atoms with E-state index in [9.17, 15) is 8.42 Å². The van der Waals surface area contributed by atoms with Gasteiger partial charge in [-0.25, -0.2) is 8.42 Å². The first kappa shape index (κ1) is 22.2. The number of ether oxygens (including phenoxy) is 1. The van der Waals surface area contributed by atoms with Crippen molar-refractivity contribution in [1.29, 1.82) is 0 Å². The van der Waals surface area contributed by atoms with Gasteiger partial charge in [0.1, 0.15) is 5.75 Å². The van der Waals surface area contributed by atoms with Crippen LogP contribution in [-0.2, 0) is 10.0 Å². The maximum absolute atomic E-state index is 13.2. The summed E-state index contributed by atoms with van der Waals surface area (Å²) in [5.41, 5.74) is 3.21.